The highest BCUT2D eigenvalue weighted by Gasteiger charge is 2.10. The van der Waals surface area contributed by atoms with Gasteiger partial charge in [-0.1, -0.05) is 169 Å². The summed E-state index contributed by atoms with van der Waals surface area (Å²) in [6.45, 7) is 12.7. The maximum Gasteiger partial charge on any atom is 0.336 e. The van der Waals surface area contributed by atoms with Crippen molar-refractivity contribution >= 4 is 57.4 Å². The molecule has 0 unspecified atom stereocenters. The summed E-state index contributed by atoms with van der Waals surface area (Å²) in [6.07, 6.45) is 14.5. The van der Waals surface area contributed by atoms with Crippen molar-refractivity contribution in [2.24, 2.45) is 40.9 Å². The van der Waals surface area contributed by atoms with E-state index >= 15 is 0 Å². The smallest absolute Gasteiger partial charge is 0.336 e. The highest BCUT2D eigenvalue weighted by molar-refractivity contribution is 5.91. The molecule has 0 fully saturated rings. The van der Waals surface area contributed by atoms with Crippen molar-refractivity contribution in [3.8, 4) is 16.9 Å². The number of benzene rings is 9. The van der Waals surface area contributed by atoms with Crippen molar-refractivity contribution < 1.29 is 24.5 Å². The molecule has 13 nitrogen and oxygen atoms in total. The average Bonchev–Trinajstić information content (AvgIpc) is 3.57. The second kappa shape index (κ2) is 37.0. The minimum atomic E-state index is -0.970. The zero-order valence-corrected chi connectivity index (χ0v) is 51.5. The number of nitrogens with zero attached hydrogens (tertiary/aromatic N) is 8. The largest absolute Gasteiger partial charge is 0.489 e. The Morgan fingerprint density at radius 3 is 0.933 bits per heavy atom. The van der Waals surface area contributed by atoms with Crippen molar-refractivity contribution in [3.63, 3.8) is 0 Å². The van der Waals surface area contributed by atoms with E-state index in [1.165, 1.54) is 86.1 Å². The summed E-state index contributed by atoms with van der Waals surface area (Å²) in [4.78, 5) is 22.4. The maximum absolute atomic E-state index is 11.2. The van der Waals surface area contributed by atoms with Gasteiger partial charge in [0.05, 0.1) is 56.6 Å². The van der Waals surface area contributed by atoms with E-state index in [9.17, 15) is 14.7 Å². The van der Waals surface area contributed by atoms with E-state index in [0.29, 0.717) is 34.8 Å². The first-order valence-corrected chi connectivity index (χ1v) is 30.4. The molecule has 0 bridgehead atoms. The minimum Gasteiger partial charge on any atom is -0.489 e. The Bertz CT molecular complexity index is 3710. The molecule has 0 radical (unpaired) electrons. The lowest BCUT2D eigenvalue weighted by Gasteiger charge is -2.07. The van der Waals surface area contributed by atoms with Crippen molar-refractivity contribution in [3.05, 3.63) is 256 Å². The van der Waals surface area contributed by atoms with Crippen LogP contribution in [0.25, 0.3) is 11.1 Å². The van der Waals surface area contributed by atoms with Crippen LogP contribution < -0.4 is 4.74 Å². The Labute approximate surface area is 526 Å². The van der Waals surface area contributed by atoms with E-state index < -0.39 is 11.9 Å². The van der Waals surface area contributed by atoms with Gasteiger partial charge >= 0.3 is 11.9 Å². The molecule has 0 spiro atoms. The molecule has 0 aliphatic heterocycles. The van der Waals surface area contributed by atoms with Crippen LogP contribution in [-0.4, -0.2) is 22.2 Å². The van der Waals surface area contributed by atoms with E-state index in [2.05, 4.69) is 141 Å². The molecule has 9 aromatic carbocycles. The van der Waals surface area contributed by atoms with Crippen LogP contribution in [0.3, 0.4) is 0 Å². The summed E-state index contributed by atoms with van der Waals surface area (Å²) in [5.74, 6) is -1.16. The Morgan fingerprint density at radius 2 is 0.607 bits per heavy atom. The number of aromatic carboxylic acids is 2. The van der Waals surface area contributed by atoms with Crippen LogP contribution in [0.1, 0.15) is 146 Å². The molecule has 9 aromatic rings. The number of azo groups is 4. The summed E-state index contributed by atoms with van der Waals surface area (Å²) in [6, 6.07) is 66.6. The third-order valence-electron chi connectivity index (χ3n) is 14.5. The van der Waals surface area contributed by atoms with E-state index in [1.807, 2.05) is 97.1 Å². The van der Waals surface area contributed by atoms with Gasteiger partial charge < -0.3 is 14.9 Å². The minimum absolute atomic E-state index is 0. The summed E-state index contributed by atoms with van der Waals surface area (Å²) in [5.41, 5.74) is 16.4. The molecule has 0 aromatic heterocycles. The third-order valence-corrected chi connectivity index (χ3v) is 14.5. The Balaban J connectivity index is 0.000000216. The number of rotatable bonds is 26. The van der Waals surface area contributed by atoms with Crippen molar-refractivity contribution in [2.45, 2.75) is 133 Å². The number of ether oxygens (including phenoxy) is 1. The molecule has 9 rings (SSSR count). The first-order valence-electron chi connectivity index (χ1n) is 30.4. The maximum atomic E-state index is 11.2. The third kappa shape index (κ3) is 23.7. The SMILES string of the molecule is C.CCCCCc1ccc(COc2ccc(N=Nc3ccc(C)c(C(=O)O)c3)cc2)cc1.CCCCCc1ccc(N=Nc2ccc(-c3ccc(N=Nc4ccc(C)cc4)cc3)cc2)cc1.CCCCCc1ccc(N=Nc2ccc(C)c(C(=O)O)c2)cc1. The lowest BCUT2D eigenvalue weighted by Crippen LogP contribution is -1.98. The topological polar surface area (TPSA) is 183 Å². The molecule has 0 saturated heterocycles. The zero-order valence-electron chi connectivity index (χ0n) is 51.5. The fraction of sp³-hybridized carbons (Fsp3) is 0.263. The molecule has 0 saturated carbocycles. The molecule has 0 aliphatic carbocycles. The Hall–Kier alpha value is -9.88. The van der Waals surface area contributed by atoms with E-state index in [0.717, 1.165) is 70.1 Å². The van der Waals surface area contributed by atoms with Crippen LogP contribution in [-0.2, 0) is 25.9 Å². The number of hydrogen-bond donors (Lipinski definition) is 2. The number of aryl methyl sites for hydroxylation is 6. The van der Waals surface area contributed by atoms with Gasteiger partial charge in [0.2, 0.25) is 0 Å². The highest BCUT2D eigenvalue weighted by atomic mass is 16.5. The lowest BCUT2D eigenvalue weighted by atomic mass is 10.1. The summed E-state index contributed by atoms with van der Waals surface area (Å²) in [7, 11) is 0. The highest BCUT2D eigenvalue weighted by Crippen LogP contribution is 2.29. The van der Waals surface area contributed by atoms with Gasteiger partial charge in [-0.3, -0.25) is 0 Å². The molecular formula is C76H84N8O5. The van der Waals surface area contributed by atoms with E-state index in [4.69, 9.17) is 9.84 Å². The van der Waals surface area contributed by atoms with E-state index in [1.54, 1.807) is 44.2 Å². The van der Waals surface area contributed by atoms with E-state index in [-0.39, 0.29) is 18.6 Å². The first kappa shape index (κ1) is 68.2. The summed E-state index contributed by atoms with van der Waals surface area (Å²) in [5, 5.41) is 52.4. The molecule has 0 amide bonds. The Kier molecular flexibility index (Phi) is 28.3. The number of hydrogen-bond acceptors (Lipinski definition) is 11. The van der Waals surface area contributed by atoms with Crippen LogP contribution in [0, 0.1) is 20.8 Å². The van der Waals surface area contributed by atoms with Gasteiger partial charge in [-0.05, 0) is 213 Å². The quantitative estimate of drug-likeness (QED) is 0.0403. The van der Waals surface area contributed by atoms with Crippen LogP contribution in [0.2, 0.25) is 0 Å². The van der Waals surface area contributed by atoms with Gasteiger partial charge in [0.1, 0.15) is 12.4 Å². The van der Waals surface area contributed by atoms with Crippen LogP contribution in [0.15, 0.2) is 247 Å². The van der Waals surface area contributed by atoms with Gasteiger partial charge in [0, 0.05) is 0 Å². The monoisotopic (exact) mass is 1190 g/mol. The van der Waals surface area contributed by atoms with Crippen molar-refractivity contribution in [1.29, 1.82) is 0 Å². The summed E-state index contributed by atoms with van der Waals surface area (Å²) >= 11 is 0. The second-order valence-electron chi connectivity index (χ2n) is 21.6. The zero-order chi connectivity index (χ0) is 62.3. The Morgan fingerprint density at radius 1 is 0.337 bits per heavy atom. The lowest BCUT2D eigenvalue weighted by molar-refractivity contribution is 0.0685. The number of unbranched alkanes of at least 4 members (excludes halogenated alkanes) is 6. The molecule has 89 heavy (non-hydrogen) atoms. The van der Waals surface area contributed by atoms with Gasteiger partial charge in [0.25, 0.3) is 0 Å². The van der Waals surface area contributed by atoms with Gasteiger partial charge in [-0.2, -0.15) is 40.9 Å². The molecule has 0 heterocycles. The van der Waals surface area contributed by atoms with Crippen molar-refractivity contribution in [1.82, 2.24) is 0 Å². The fourth-order valence-corrected chi connectivity index (χ4v) is 9.09. The molecule has 458 valence electrons. The van der Waals surface area contributed by atoms with Gasteiger partial charge in [0.15, 0.2) is 0 Å². The predicted molar refractivity (Wildman–Crippen MR) is 363 cm³/mol. The predicted octanol–water partition coefficient (Wildman–Crippen LogP) is 24.1. The second-order valence-corrected chi connectivity index (χ2v) is 21.6. The van der Waals surface area contributed by atoms with Crippen LogP contribution in [0.5, 0.6) is 5.75 Å². The van der Waals surface area contributed by atoms with Crippen molar-refractivity contribution in [2.75, 3.05) is 0 Å². The summed E-state index contributed by atoms with van der Waals surface area (Å²) < 4.78 is 5.87. The fourth-order valence-electron chi connectivity index (χ4n) is 9.09. The standard InChI is InChI=1S/C30H30N4.C26H28N2O3.C19H22N2O2.CH4/c1-3-4-5-6-24-9-17-28(18-10-24)32-34-30-21-13-26(14-22-30)25-11-19-29(20-12-25)33-31-27-15-7-23(2)8-16-27;1-3-4-5-6-20-8-10-21(11-9-20)18-31-24-15-13-22(14-16-24)27-28-23-12-7-19(2)25(17-23)26(29)30;1-3-4-5-6-15-8-11-16(12-9-15)20-21-17-10-7-14(2)18(13-17)19(22)23;/h7-22H,3-6H2,1-2H3;7-17H,3-6,18H2,1-2H3,(H,29,30);7-13H,3-6H2,1-2H3,(H,22,23);1H4. The molecule has 0 atom stereocenters. The molecule has 0 aliphatic rings. The molecule has 2 N–H and O–H groups in total. The molecule has 13 heteroatoms. The number of carboxylic acid groups (broad SMARTS) is 2. The number of carboxylic acids is 2. The van der Waals surface area contributed by atoms with Crippen LogP contribution >= 0.6 is 0 Å². The van der Waals surface area contributed by atoms with Gasteiger partial charge in [-0.25, -0.2) is 9.59 Å². The molecular weight excluding hydrogens is 1100 g/mol. The normalized spacial score (nSPS) is 11.1. The van der Waals surface area contributed by atoms with Gasteiger partial charge in [-0.15, -0.1) is 0 Å². The number of carbonyl (C=O) groups is 2. The first-order chi connectivity index (χ1) is 42.8. The average molecular weight is 1190 g/mol. The van der Waals surface area contributed by atoms with Crippen LogP contribution in [0.4, 0.5) is 45.5 Å².